The molecule has 1 aromatic carbocycles. The summed E-state index contributed by atoms with van der Waals surface area (Å²) in [6.45, 7) is 0.142. The van der Waals surface area contributed by atoms with Crippen LogP contribution in [0.5, 0.6) is 11.5 Å². The summed E-state index contributed by atoms with van der Waals surface area (Å²) < 4.78 is 11.0. The lowest BCUT2D eigenvalue weighted by molar-refractivity contribution is 0.191. The maximum absolute atomic E-state index is 10.0. The first kappa shape index (κ1) is 20.8. The van der Waals surface area contributed by atoms with E-state index < -0.39 is 6.10 Å². The quantitative estimate of drug-likeness (QED) is 0.332. The van der Waals surface area contributed by atoms with E-state index in [0.29, 0.717) is 21.5 Å². The molecule has 0 radical (unpaired) electrons. The smallest absolute Gasteiger partial charge is 0.193 e. The Kier molecular flexibility index (Phi) is 8.60. The van der Waals surface area contributed by atoms with E-state index in [-0.39, 0.29) is 36.5 Å². The minimum absolute atomic E-state index is 0. The molecule has 24 heavy (non-hydrogen) atoms. The van der Waals surface area contributed by atoms with Crippen molar-refractivity contribution in [3.05, 3.63) is 39.5 Å². The number of hydrogen-bond acceptors (Lipinski definition) is 5. The molecule has 0 aliphatic carbocycles. The van der Waals surface area contributed by atoms with Crippen LogP contribution in [-0.4, -0.2) is 31.8 Å². The second kappa shape index (κ2) is 9.92. The van der Waals surface area contributed by atoms with Crippen molar-refractivity contribution in [1.82, 2.24) is 0 Å². The van der Waals surface area contributed by atoms with Gasteiger partial charge in [0.15, 0.2) is 17.5 Å². The fraction of sp³-hybridized carbons (Fsp3) is 0.267. The summed E-state index contributed by atoms with van der Waals surface area (Å²) in [5.41, 5.74) is 6.54. The Morgan fingerprint density at radius 3 is 2.58 bits per heavy atom. The zero-order valence-electron chi connectivity index (χ0n) is 13.2. The van der Waals surface area contributed by atoms with Crippen molar-refractivity contribution in [3.63, 3.8) is 0 Å². The van der Waals surface area contributed by atoms with Crippen LogP contribution in [0.4, 0.5) is 5.69 Å². The van der Waals surface area contributed by atoms with Gasteiger partial charge in [-0.3, -0.25) is 4.99 Å². The van der Waals surface area contributed by atoms with Crippen molar-refractivity contribution in [3.8, 4) is 11.5 Å². The molecule has 0 saturated heterocycles. The van der Waals surface area contributed by atoms with Gasteiger partial charge in [0.25, 0.3) is 0 Å². The van der Waals surface area contributed by atoms with E-state index in [2.05, 4.69) is 10.3 Å². The summed E-state index contributed by atoms with van der Waals surface area (Å²) in [4.78, 5) is 4.88. The number of halogens is 2. The number of nitrogens with zero attached hydrogens (tertiary/aromatic N) is 1. The molecule has 0 aliphatic heterocycles. The third kappa shape index (κ3) is 5.69. The molecule has 0 fully saturated rings. The average molecular weight is 484 g/mol. The Bertz CT molecular complexity index is 696. The number of anilines is 1. The number of rotatable bonds is 6. The largest absolute Gasteiger partial charge is 0.493 e. The number of methoxy groups -OCH3 is 2. The minimum atomic E-state index is -0.738. The Labute approximate surface area is 166 Å². The summed E-state index contributed by atoms with van der Waals surface area (Å²) in [5.74, 6) is 1.40. The number of hydrogen-bond donors (Lipinski definition) is 3. The van der Waals surface area contributed by atoms with Crippen LogP contribution >= 0.6 is 46.9 Å². The van der Waals surface area contributed by atoms with Crippen LogP contribution < -0.4 is 20.5 Å². The lowest BCUT2D eigenvalue weighted by Crippen LogP contribution is -2.23. The molecule has 0 spiro atoms. The maximum atomic E-state index is 10.0. The summed E-state index contributed by atoms with van der Waals surface area (Å²) in [6.07, 6.45) is -0.738. The fourth-order valence-corrected chi connectivity index (χ4v) is 2.92. The Hall–Kier alpha value is -1.23. The van der Waals surface area contributed by atoms with Crippen LogP contribution in [0.1, 0.15) is 11.0 Å². The highest BCUT2D eigenvalue weighted by molar-refractivity contribution is 14.0. The predicted molar refractivity (Wildman–Crippen MR) is 109 cm³/mol. The van der Waals surface area contributed by atoms with Gasteiger partial charge < -0.3 is 25.6 Å². The van der Waals surface area contributed by atoms with E-state index in [0.717, 1.165) is 4.88 Å². The van der Waals surface area contributed by atoms with E-state index >= 15 is 0 Å². The third-order valence-corrected chi connectivity index (χ3v) is 4.35. The van der Waals surface area contributed by atoms with E-state index in [1.165, 1.54) is 11.3 Å². The molecule has 2 aromatic rings. The SMILES string of the molecule is COc1ccc(NC(N)=NCC(O)c2ccc(Cl)s2)cc1OC.I. The first-order chi connectivity index (χ1) is 11.0. The van der Waals surface area contributed by atoms with Crippen LogP contribution in [0, 0.1) is 0 Å². The molecule has 0 aliphatic rings. The van der Waals surface area contributed by atoms with E-state index in [1.54, 1.807) is 44.6 Å². The second-order valence-corrected chi connectivity index (χ2v) is 6.33. The molecule has 0 bridgehead atoms. The van der Waals surface area contributed by atoms with Gasteiger partial charge in [-0.1, -0.05) is 11.6 Å². The van der Waals surface area contributed by atoms with Gasteiger partial charge in [-0.25, -0.2) is 0 Å². The van der Waals surface area contributed by atoms with Gasteiger partial charge in [-0.2, -0.15) is 0 Å². The van der Waals surface area contributed by atoms with Gasteiger partial charge in [0.05, 0.1) is 25.1 Å². The molecule has 132 valence electrons. The number of ether oxygens (including phenoxy) is 2. The van der Waals surface area contributed by atoms with Gasteiger partial charge in [-0.05, 0) is 24.3 Å². The summed E-state index contributed by atoms with van der Waals surface area (Å²) in [7, 11) is 3.13. The lowest BCUT2D eigenvalue weighted by atomic mass is 10.2. The summed E-state index contributed by atoms with van der Waals surface area (Å²) >= 11 is 7.16. The van der Waals surface area contributed by atoms with Gasteiger partial charge in [0, 0.05) is 16.6 Å². The molecule has 1 aromatic heterocycles. The Morgan fingerprint density at radius 2 is 2.00 bits per heavy atom. The molecule has 1 atom stereocenters. The molecule has 1 unspecified atom stereocenters. The molecule has 2 rings (SSSR count). The highest BCUT2D eigenvalue weighted by Crippen LogP contribution is 2.30. The number of nitrogens with two attached hydrogens (primary N) is 1. The van der Waals surface area contributed by atoms with E-state index in [9.17, 15) is 5.11 Å². The van der Waals surface area contributed by atoms with Gasteiger partial charge in [0.1, 0.15) is 6.10 Å². The number of nitrogens with one attached hydrogen (secondary N) is 1. The van der Waals surface area contributed by atoms with Crippen LogP contribution in [0.15, 0.2) is 35.3 Å². The first-order valence-electron chi connectivity index (χ1n) is 6.75. The van der Waals surface area contributed by atoms with Crippen LogP contribution in [0.25, 0.3) is 0 Å². The van der Waals surface area contributed by atoms with Crippen LogP contribution in [0.3, 0.4) is 0 Å². The van der Waals surface area contributed by atoms with Crippen LogP contribution in [0.2, 0.25) is 4.34 Å². The zero-order chi connectivity index (χ0) is 16.8. The second-order valence-electron chi connectivity index (χ2n) is 4.58. The van der Waals surface area contributed by atoms with E-state index in [1.807, 2.05) is 0 Å². The molecule has 9 heteroatoms. The first-order valence-corrected chi connectivity index (χ1v) is 7.95. The topological polar surface area (TPSA) is 89.1 Å². The normalized spacial score (nSPS) is 12.2. The summed E-state index contributed by atoms with van der Waals surface area (Å²) in [6, 6.07) is 8.80. The van der Waals surface area contributed by atoms with Crippen molar-refractivity contribution >= 4 is 58.6 Å². The predicted octanol–water partition coefficient (Wildman–Crippen LogP) is 3.50. The fourth-order valence-electron chi connectivity index (χ4n) is 1.88. The molecular formula is C15H19ClIN3O3S. The molecule has 1 heterocycles. The summed E-state index contributed by atoms with van der Waals surface area (Å²) in [5, 5.41) is 13.0. The maximum Gasteiger partial charge on any atom is 0.193 e. The molecule has 0 amide bonds. The van der Waals surface area contributed by atoms with Crippen molar-refractivity contribution in [2.75, 3.05) is 26.1 Å². The number of thiophene rings is 1. The zero-order valence-corrected chi connectivity index (χ0v) is 17.1. The van der Waals surface area contributed by atoms with Crippen molar-refractivity contribution in [1.29, 1.82) is 0 Å². The average Bonchev–Trinajstić information content (AvgIpc) is 2.99. The molecular weight excluding hydrogens is 465 g/mol. The number of aliphatic imine (C=N–C) groups is 1. The number of guanidine groups is 1. The molecule has 6 nitrogen and oxygen atoms in total. The monoisotopic (exact) mass is 483 g/mol. The van der Waals surface area contributed by atoms with Crippen molar-refractivity contribution in [2.45, 2.75) is 6.10 Å². The van der Waals surface area contributed by atoms with Gasteiger partial charge in [0.2, 0.25) is 0 Å². The van der Waals surface area contributed by atoms with Crippen molar-refractivity contribution in [2.24, 2.45) is 10.7 Å². The number of aliphatic hydroxyl groups excluding tert-OH is 1. The van der Waals surface area contributed by atoms with Crippen LogP contribution in [-0.2, 0) is 0 Å². The number of aliphatic hydroxyl groups is 1. The van der Waals surface area contributed by atoms with Crippen molar-refractivity contribution < 1.29 is 14.6 Å². The lowest BCUT2D eigenvalue weighted by Gasteiger charge is -2.11. The number of benzene rings is 1. The Morgan fingerprint density at radius 1 is 1.29 bits per heavy atom. The molecule has 0 saturated carbocycles. The molecule has 4 N–H and O–H groups in total. The third-order valence-electron chi connectivity index (χ3n) is 3.01. The standard InChI is InChI=1S/C15H18ClN3O3S.HI/c1-21-11-4-3-9(7-12(11)22-2)19-15(17)18-8-10(20)13-5-6-14(16)23-13;/h3-7,10,20H,8H2,1-2H3,(H3,17,18,19);1H. The highest BCUT2D eigenvalue weighted by atomic mass is 127. The van der Waals surface area contributed by atoms with Gasteiger partial charge >= 0.3 is 0 Å². The van der Waals surface area contributed by atoms with E-state index in [4.69, 9.17) is 26.8 Å². The minimum Gasteiger partial charge on any atom is -0.493 e. The van der Waals surface area contributed by atoms with Gasteiger partial charge in [-0.15, -0.1) is 35.3 Å². The highest BCUT2D eigenvalue weighted by Gasteiger charge is 2.10. The Balaban J connectivity index is 0.00000288.